The van der Waals surface area contributed by atoms with E-state index in [9.17, 15) is 14.0 Å². The van der Waals surface area contributed by atoms with Gasteiger partial charge in [-0.05, 0) is 45.4 Å². The number of guanidine groups is 1. The van der Waals surface area contributed by atoms with Crippen LogP contribution < -0.4 is 11.1 Å². The van der Waals surface area contributed by atoms with E-state index in [2.05, 4.69) is 10.3 Å². The maximum Gasteiger partial charge on any atom is 0.410 e. The minimum absolute atomic E-state index is 0.267. The lowest BCUT2D eigenvalue weighted by atomic mass is 10.1. The van der Waals surface area contributed by atoms with E-state index >= 15 is 0 Å². The third-order valence-electron chi connectivity index (χ3n) is 4.36. The SMILES string of the molecule is Cc1ccc(C(=O)NCCN=C(N)N2CCN(C(=O)OC(C)(C)C)CC2)cc1F. The molecule has 0 spiro atoms. The van der Waals surface area contributed by atoms with Gasteiger partial charge in [0.1, 0.15) is 11.4 Å². The average molecular weight is 407 g/mol. The van der Waals surface area contributed by atoms with E-state index in [1.54, 1.807) is 24.0 Å². The Morgan fingerprint density at radius 3 is 2.41 bits per heavy atom. The molecular formula is C20H30FN5O3. The Morgan fingerprint density at radius 2 is 1.83 bits per heavy atom. The summed E-state index contributed by atoms with van der Waals surface area (Å²) in [4.78, 5) is 31.9. The molecule has 8 nitrogen and oxygen atoms in total. The number of benzene rings is 1. The first kappa shape index (κ1) is 22.4. The molecule has 1 fully saturated rings. The van der Waals surface area contributed by atoms with Crippen molar-refractivity contribution in [1.82, 2.24) is 15.1 Å². The lowest BCUT2D eigenvalue weighted by molar-refractivity contribution is 0.0186. The second-order valence-electron chi connectivity index (χ2n) is 7.91. The van der Waals surface area contributed by atoms with Gasteiger partial charge in [0.2, 0.25) is 0 Å². The van der Waals surface area contributed by atoms with E-state index in [4.69, 9.17) is 10.5 Å². The van der Waals surface area contributed by atoms with E-state index in [0.717, 1.165) is 0 Å². The molecule has 0 bridgehead atoms. The molecule has 1 aliphatic rings. The number of halogens is 1. The van der Waals surface area contributed by atoms with Crippen molar-refractivity contribution in [2.45, 2.75) is 33.3 Å². The lowest BCUT2D eigenvalue weighted by Gasteiger charge is -2.36. The van der Waals surface area contributed by atoms with E-state index in [1.165, 1.54) is 6.07 Å². The van der Waals surface area contributed by atoms with Gasteiger partial charge in [-0.1, -0.05) is 6.07 Å². The lowest BCUT2D eigenvalue weighted by Crippen LogP contribution is -2.53. The highest BCUT2D eigenvalue weighted by Crippen LogP contribution is 2.12. The van der Waals surface area contributed by atoms with Crippen LogP contribution in [0.4, 0.5) is 9.18 Å². The normalized spacial score (nSPS) is 15.3. The predicted octanol–water partition coefficient (Wildman–Crippen LogP) is 1.73. The predicted molar refractivity (Wildman–Crippen MR) is 109 cm³/mol. The van der Waals surface area contributed by atoms with Crippen molar-refractivity contribution in [1.29, 1.82) is 0 Å². The van der Waals surface area contributed by atoms with Crippen LogP contribution in [0.25, 0.3) is 0 Å². The minimum Gasteiger partial charge on any atom is -0.444 e. The average Bonchev–Trinajstić information content (AvgIpc) is 2.65. The quantitative estimate of drug-likeness (QED) is 0.450. The highest BCUT2D eigenvalue weighted by atomic mass is 19.1. The number of aliphatic imine (C=N–C) groups is 1. The van der Waals surface area contributed by atoms with Gasteiger partial charge in [-0.3, -0.25) is 9.79 Å². The van der Waals surface area contributed by atoms with Crippen LogP contribution in [0.3, 0.4) is 0 Å². The van der Waals surface area contributed by atoms with Gasteiger partial charge in [-0.2, -0.15) is 0 Å². The molecule has 0 aromatic heterocycles. The Hall–Kier alpha value is -2.84. The van der Waals surface area contributed by atoms with Crippen LogP contribution in [0.15, 0.2) is 23.2 Å². The molecule has 3 N–H and O–H groups in total. The Balaban J connectivity index is 1.74. The maximum atomic E-state index is 13.5. The summed E-state index contributed by atoms with van der Waals surface area (Å²) in [5.74, 6) is -0.404. The number of amides is 2. The molecule has 0 saturated carbocycles. The highest BCUT2D eigenvalue weighted by molar-refractivity contribution is 5.94. The van der Waals surface area contributed by atoms with Crippen molar-refractivity contribution in [3.8, 4) is 0 Å². The van der Waals surface area contributed by atoms with Crippen molar-refractivity contribution in [3.05, 3.63) is 35.1 Å². The first-order chi connectivity index (χ1) is 13.6. The number of rotatable bonds is 4. The summed E-state index contributed by atoms with van der Waals surface area (Å²) in [7, 11) is 0. The van der Waals surface area contributed by atoms with Crippen molar-refractivity contribution in [2.24, 2.45) is 10.7 Å². The van der Waals surface area contributed by atoms with Gasteiger partial charge < -0.3 is 25.6 Å². The number of carbonyl (C=O) groups excluding carboxylic acids is 2. The first-order valence-corrected chi connectivity index (χ1v) is 9.64. The Labute approximate surface area is 170 Å². The molecule has 1 aromatic rings. The fourth-order valence-electron chi connectivity index (χ4n) is 2.72. The maximum absolute atomic E-state index is 13.5. The molecule has 160 valence electrons. The zero-order valence-corrected chi connectivity index (χ0v) is 17.5. The fraction of sp³-hybridized carbons (Fsp3) is 0.550. The molecule has 2 amide bonds. The Morgan fingerprint density at radius 1 is 1.21 bits per heavy atom. The van der Waals surface area contributed by atoms with Crippen LogP contribution in [-0.4, -0.2) is 72.6 Å². The number of piperazine rings is 1. The monoisotopic (exact) mass is 407 g/mol. The molecule has 29 heavy (non-hydrogen) atoms. The van der Waals surface area contributed by atoms with Crippen LogP contribution in [0.5, 0.6) is 0 Å². The largest absolute Gasteiger partial charge is 0.444 e. The van der Waals surface area contributed by atoms with Crippen LogP contribution in [0.1, 0.15) is 36.7 Å². The van der Waals surface area contributed by atoms with Gasteiger partial charge in [-0.15, -0.1) is 0 Å². The number of ether oxygens (including phenoxy) is 1. The third-order valence-corrected chi connectivity index (χ3v) is 4.36. The molecule has 0 aliphatic carbocycles. The van der Waals surface area contributed by atoms with E-state index < -0.39 is 11.4 Å². The molecule has 1 heterocycles. The molecule has 0 atom stereocenters. The van der Waals surface area contributed by atoms with E-state index in [1.807, 2.05) is 25.7 Å². The summed E-state index contributed by atoms with van der Waals surface area (Å²) in [5, 5.41) is 2.69. The molecular weight excluding hydrogens is 377 g/mol. The van der Waals surface area contributed by atoms with Gasteiger partial charge in [0.25, 0.3) is 5.91 Å². The molecule has 1 aliphatic heterocycles. The Bertz CT molecular complexity index is 768. The summed E-state index contributed by atoms with van der Waals surface area (Å²) in [6, 6.07) is 4.36. The summed E-state index contributed by atoms with van der Waals surface area (Å²) >= 11 is 0. The van der Waals surface area contributed by atoms with Crippen LogP contribution in [0.2, 0.25) is 0 Å². The zero-order chi connectivity index (χ0) is 21.6. The molecule has 0 unspecified atom stereocenters. The fourth-order valence-corrected chi connectivity index (χ4v) is 2.72. The van der Waals surface area contributed by atoms with Gasteiger partial charge in [-0.25, -0.2) is 9.18 Å². The van der Waals surface area contributed by atoms with Gasteiger partial charge in [0.05, 0.1) is 6.54 Å². The van der Waals surface area contributed by atoms with Gasteiger partial charge in [0.15, 0.2) is 5.96 Å². The highest BCUT2D eigenvalue weighted by Gasteiger charge is 2.26. The second kappa shape index (κ2) is 9.58. The van der Waals surface area contributed by atoms with Crippen molar-refractivity contribution in [3.63, 3.8) is 0 Å². The zero-order valence-electron chi connectivity index (χ0n) is 17.5. The standard InChI is InChI=1S/C20H30FN5O3/c1-14-5-6-15(13-16(14)21)17(27)23-7-8-24-18(22)25-9-11-26(12-10-25)19(28)29-20(2,3)4/h5-6,13H,7-12H2,1-4H3,(H2,22,24)(H,23,27). The smallest absolute Gasteiger partial charge is 0.410 e. The Kier molecular flexibility index (Phi) is 7.41. The van der Waals surface area contributed by atoms with E-state index in [0.29, 0.717) is 44.2 Å². The second-order valence-corrected chi connectivity index (χ2v) is 7.91. The topological polar surface area (TPSA) is 100 Å². The van der Waals surface area contributed by atoms with Gasteiger partial charge >= 0.3 is 6.09 Å². The van der Waals surface area contributed by atoms with Crippen LogP contribution >= 0.6 is 0 Å². The minimum atomic E-state index is -0.524. The number of nitrogens with zero attached hydrogens (tertiary/aromatic N) is 3. The molecule has 0 radical (unpaired) electrons. The number of carbonyl (C=O) groups is 2. The number of hydrogen-bond donors (Lipinski definition) is 2. The molecule has 9 heteroatoms. The van der Waals surface area contributed by atoms with E-state index in [-0.39, 0.29) is 24.1 Å². The summed E-state index contributed by atoms with van der Waals surface area (Å²) in [6.45, 7) is 9.85. The molecule has 1 saturated heterocycles. The summed E-state index contributed by atoms with van der Waals surface area (Å²) < 4.78 is 18.9. The molecule has 1 aromatic carbocycles. The number of nitrogens with one attached hydrogen (secondary N) is 1. The summed E-state index contributed by atoms with van der Waals surface area (Å²) in [6.07, 6.45) is -0.331. The van der Waals surface area contributed by atoms with Crippen LogP contribution in [0, 0.1) is 12.7 Å². The number of hydrogen-bond acceptors (Lipinski definition) is 4. The molecule has 2 rings (SSSR count). The third kappa shape index (κ3) is 6.92. The van der Waals surface area contributed by atoms with Crippen molar-refractivity contribution in [2.75, 3.05) is 39.3 Å². The van der Waals surface area contributed by atoms with Gasteiger partial charge in [0, 0.05) is 38.3 Å². The summed E-state index contributed by atoms with van der Waals surface area (Å²) in [5.41, 5.74) is 6.25. The van der Waals surface area contributed by atoms with Crippen molar-refractivity contribution >= 4 is 18.0 Å². The number of nitrogens with two attached hydrogens (primary N) is 1. The van der Waals surface area contributed by atoms with Crippen LogP contribution in [-0.2, 0) is 4.74 Å². The van der Waals surface area contributed by atoms with Crippen molar-refractivity contribution < 1.29 is 18.7 Å². The number of aryl methyl sites for hydroxylation is 1. The first-order valence-electron chi connectivity index (χ1n) is 9.64.